The number of likely N-dealkylation sites (tertiary alicyclic amines) is 3. The van der Waals surface area contributed by atoms with Gasteiger partial charge in [0.2, 0.25) is 11.8 Å². The first-order valence-electron chi connectivity index (χ1n) is 15.0. The van der Waals surface area contributed by atoms with Crippen LogP contribution in [-0.4, -0.2) is 98.3 Å². The Balaban J connectivity index is 1.17. The fraction of sp³-hybridized carbons (Fsp3) is 0.667. The van der Waals surface area contributed by atoms with Gasteiger partial charge in [0.05, 0.1) is 27.4 Å². The molecule has 232 valence electrons. The summed E-state index contributed by atoms with van der Waals surface area (Å²) >= 11 is 0. The molecule has 0 aromatic heterocycles. The maximum atomic E-state index is 13.8. The number of piperazine rings is 1. The molecule has 1 N–H and O–H groups in total. The van der Waals surface area contributed by atoms with Crippen molar-refractivity contribution in [2.24, 2.45) is 5.92 Å². The van der Waals surface area contributed by atoms with Crippen LogP contribution >= 0.6 is 10.2 Å². The number of piperidine rings is 1. The van der Waals surface area contributed by atoms with E-state index in [1.54, 1.807) is 38.2 Å². The van der Waals surface area contributed by atoms with E-state index in [2.05, 4.69) is 11.4 Å². The third-order valence-corrected chi connectivity index (χ3v) is 11.8. The molecule has 3 heterocycles. The number of aryl methyl sites for hydroxylation is 1. The van der Waals surface area contributed by atoms with E-state index < -0.39 is 40.0 Å². The Morgan fingerprint density at radius 2 is 1.98 bits per heavy atom. The van der Waals surface area contributed by atoms with E-state index in [1.165, 1.54) is 0 Å². The average Bonchev–Trinajstić information content (AvgIpc) is 3.26. The molecule has 2 aliphatic carbocycles. The Morgan fingerprint density at radius 3 is 2.63 bits per heavy atom. The number of ether oxygens (including phenoxy) is 1. The summed E-state index contributed by atoms with van der Waals surface area (Å²) in [6.45, 7) is 6.00. The van der Waals surface area contributed by atoms with Gasteiger partial charge in [-0.1, -0.05) is 6.07 Å². The lowest BCUT2D eigenvalue weighted by Crippen LogP contribution is -2.59. The Morgan fingerprint density at radius 1 is 1.23 bits per heavy atom. The number of hydrogen-bond donors (Lipinski definition) is 1. The van der Waals surface area contributed by atoms with Gasteiger partial charge in [-0.2, -0.15) is 5.26 Å². The molecule has 1 saturated carbocycles. The second kappa shape index (κ2) is 10.4. The van der Waals surface area contributed by atoms with Gasteiger partial charge < -0.3 is 19.9 Å². The van der Waals surface area contributed by atoms with Gasteiger partial charge in [0.25, 0.3) is 0 Å². The van der Waals surface area contributed by atoms with Crippen molar-refractivity contribution in [3.05, 3.63) is 39.4 Å². The summed E-state index contributed by atoms with van der Waals surface area (Å²) in [5, 5.41) is 24.1. The number of fused-ring (bicyclic) bond motifs is 4. The molecule has 43 heavy (non-hydrogen) atoms. The van der Waals surface area contributed by atoms with Crippen LogP contribution in [0, 0.1) is 27.4 Å². The highest BCUT2D eigenvalue weighted by Crippen LogP contribution is 2.52. The Bertz CT molecular complexity index is 1420. The molecule has 3 aliphatic heterocycles. The van der Waals surface area contributed by atoms with E-state index in [0.29, 0.717) is 25.3 Å². The summed E-state index contributed by atoms with van der Waals surface area (Å²) in [5.74, 6) is 0.0529. The predicted molar refractivity (Wildman–Crippen MR) is 159 cm³/mol. The fourth-order valence-corrected chi connectivity index (χ4v) is 8.50. The van der Waals surface area contributed by atoms with Gasteiger partial charge in [-0.15, -0.1) is 0 Å². The maximum Gasteiger partial charge on any atom is 0.408 e. The number of hydrogen-bond acceptors (Lipinski definition) is 8. The number of rotatable bonds is 7. The fourth-order valence-electron chi connectivity index (χ4n) is 7.50. The molecule has 12 nitrogen and oxygen atoms in total. The molecule has 7 atom stereocenters. The minimum Gasteiger partial charge on any atom is -0.444 e. The normalized spacial score (nSPS) is 30.5. The van der Waals surface area contributed by atoms with Crippen molar-refractivity contribution in [1.82, 2.24) is 20.0 Å². The van der Waals surface area contributed by atoms with Crippen LogP contribution in [0.2, 0.25) is 0 Å². The van der Waals surface area contributed by atoms with Gasteiger partial charge in [-0.05, 0) is 82.1 Å². The molecule has 4 fully saturated rings. The largest absolute Gasteiger partial charge is 0.444 e. The van der Waals surface area contributed by atoms with Gasteiger partial charge >= 0.3 is 6.09 Å². The zero-order valence-corrected chi connectivity index (χ0v) is 26.1. The third-order valence-electron chi connectivity index (χ3n) is 9.67. The number of amides is 3. The lowest BCUT2D eigenvalue weighted by atomic mass is 10.1. The SMILES string of the molecule is CC(C)(C)OC(=O)NC(CN1C[C@@H]2CC1C(=O)N2[C@H]1CCc2cc(S(C)(C)[N+](=O)[O-])ccc21)C(=O)N1C(C#N)CC2CC21. The van der Waals surface area contributed by atoms with Crippen molar-refractivity contribution in [2.75, 3.05) is 25.6 Å². The van der Waals surface area contributed by atoms with Crippen molar-refractivity contribution < 1.29 is 23.4 Å². The molecule has 1 aromatic rings. The van der Waals surface area contributed by atoms with E-state index in [-0.39, 0.29) is 40.8 Å². The molecule has 2 bridgehead atoms. The van der Waals surface area contributed by atoms with Crippen LogP contribution in [0.4, 0.5) is 4.79 Å². The molecular formula is C30H40N6O6S. The molecule has 1 aromatic carbocycles. The van der Waals surface area contributed by atoms with E-state index in [9.17, 15) is 29.8 Å². The van der Waals surface area contributed by atoms with Gasteiger partial charge in [0, 0.05) is 47.9 Å². The van der Waals surface area contributed by atoms with Crippen molar-refractivity contribution in [3.8, 4) is 6.07 Å². The topological polar surface area (TPSA) is 149 Å². The van der Waals surface area contributed by atoms with Crippen LogP contribution < -0.4 is 5.32 Å². The minimum atomic E-state index is -2.16. The van der Waals surface area contributed by atoms with Crippen LogP contribution in [0.1, 0.15) is 63.6 Å². The van der Waals surface area contributed by atoms with Crippen LogP contribution in [0.5, 0.6) is 0 Å². The molecule has 0 radical (unpaired) electrons. The van der Waals surface area contributed by atoms with Crippen molar-refractivity contribution in [1.29, 1.82) is 5.26 Å². The van der Waals surface area contributed by atoms with Gasteiger partial charge in [0.1, 0.15) is 17.7 Å². The second-order valence-corrected chi connectivity index (χ2v) is 17.2. The first kappa shape index (κ1) is 29.7. The Labute approximate surface area is 253 Å². The van der Waals surface area contributed by atoms with E-state index >= 15 is 0 Å². The summed E-state index contributed by atoms with van der Waals surface area (Å²) in [6.07, 6.45) is 6.37. The molecule has 6 rings (SSSR count). The molecule has 5 aliphatic rings. The van der Waals surface area contributed by atoms with Crippen molar-refractivity contribution in [3.63, 3.8) is 0 Å². The standard InChI is InChI=1S/C30H40N6O6S/c1-30(2,3)42-29(39)32-23(27(37)34-19(14-31)10-18-12-25(18)34)16-33-15-20-13-26(33)28(38)35(20)24-9-6-17-11-21(7-8-22(17)24)43(4,5)36(40)41/h7-8,11,18-20,23-26H,6,9-10,12-13,15-16H2,1-5H3,(H,32,39)/t18?,19?,20-,23?,24-,25?,26?/m0/s1. The van der Waals surface area contributed by atoms with Crippen molar-refractivity contribution in [2.45, 2.75) is 99.6 Å². The van der Waals surface area contributed by atoms with Crippen LogP contribution in [-0.2, 0) is 20.7 Å². The van der Waals surface area contributed by atoms with E-state index in [4.69, 9.17) is 4.74 Å². The molecule has 13 heteroatoms. The summed E-state index contributed by atoms with van der Waals surface area (Å²) in [4.78, 5) is 58.4. The van der Waals surface area contributed by atoms with Crippen molar-refractivity contribution >= 4 is 28.1 Å². The van der Waals surface area contributed by atoms with Gasteiger partial charge in [-0.3, -0.25) is 24.6 Å². The predicted octanol–water partition coefficient (Wildman–Crippen LogP) is 2.98. The number of alkyl carbamates (subject to hydrolysis) is 1. The second-order valence-electron chi connectivity index (χ2n) is 13.9. The average molecular weight is 613 g/mol. The smallest absolute Gasteiger partial charge is 0.408 e. The number of nitrogens with zero attached hydrogens (tertiary/aromatic N) is 5. The summed E-state index contributed by atoms with van der Waals surface area (Å²) in [5.41, 5.74) is 1.38. The van der Waals surface area contributed by atoms with E-state index in [1.807, 2.05) is 28.0 Å². The molecular weight excluding hydrogens is 572 g/mol. The third kappa shape index (κ3) is 5.22. The van der Waals surface area contributed by atoms with Crippen LogP contribution in [0.15, 0.2) is 23.1 Å². The first-order chi connectivity index (χ1) is 20.2. The number of carbonyl (C=O) groups excluding carboxylic acids is 3. The summed E-state index contributed by atoms with van der Waals surface area (Å²) < 4.78 is 5.27. The van der Waals surface area contributed by atoms with Gasteiger partial charge in [0.15, 0.2) is 0 Å². The maximum absolute atomic E-state index is 13.8. The highest BCUT2D eigenvalue weighted by molar-refractivity contribution is 8.27. The number of nitrogens with one attached hydrogen (secondary N) is 1. The zero-order valence-electron chi connectivity index (χ0n) is 25.3. The summed E-state index contributed by atoms with van der Waals surface area (Å²) in [6, 6.07) is 6.08. The number of carbonyl (C=O) groups is 3. The van der Waals surface area contributed by atoms with Crippen LogP contribution in [0.25, 0.3) is 0 Å². The lowest BCUT2D eigenvalue weighted by Gasteiger charge is -2.39. The Kier molecular flexibility index (Phi) is 7.16. The van der Waals surface area contributed by atoms with Crippen LogP contribution in [0.3, 0.4) is 0 Å². The molecule has 0 spiro atoms. The monoisotopic (exact) mass is 612 g/mol. The molecule has 5 unspecified atom stereocenters. The Hall–Kier alpha value is -3.37. The highest BCUT2D eigenvalue weighted by atomic mass is 32.3. The summed E-state index contributed by atoms with van der Waals surface area (Å²) in [7, 11) is -2.16. The minimum absolute atomic E-state index is 0.0104. The molecule has 3 amide bonds. The van der Waals surface area contributed by atoms with Gasteiger partial charge in [-0.25, -0.2) is 4.79 Å². The lowest BCUT2D eigenvalue weighted by molar-refractivity contribution is -0.295. The highest BCUT2D eigenvalue weighted by Gasteiger charge is 2.57. The zero-order chi connectivity index (χ0) is 31.0. The molecule has 3 saturated heterocycles. The van der Waals surface area contributed by atoms with E-state index in [0.717, 1.165) is 35.3 Å². The number of benzene rings is 1. The number of nitro groups is 1. The quantitative estimate of drug-likeness (QED) is 0.365. The first-order valence-corrected chi connectivity index (χ1v) is 17.4. The number of nitriles is 1.